The monoisotopic (exact) mass is 463 g/mol. The van der Waals surface area contributed by atoms with E-state index in [0.29, 0.717) is 23.1 Å². The molecule has 178 valence electrons. The molecule has 7 nitrogen and oxygen atoms in total. The van der Waals surface area contributed by atoms with Gasteiger partial charge in [0, 0.05) is 18.8 Å². The first-order chi connectivity index (χ1) is 16.6. The Kier molecular flexibility index (Phi) is 7.57. The molecule has 0 spiro atoms. The van der Waals surface area contributed by atoms with Crippen LogP contribution in [0.15, 0.2) is 48.5 Å². The zero-order valence-corrected chi connectivity index (χ0v) is 19.5. The second-order valence-corrected chi connectivity index (χ2v) is 8.53. The van der Waals surface area contributed by atoms with Crippen molar-refractivity contribution >= 4 is 28.8 Å². The number of para-hydroxylation sites is 1. The highest BCUT2D eigenvalue weighted by molar-refractivity contribution is 5.98. The summed E-state index contributed by atoms with van der Waals surface area (Å²) in [6.07, 6.45) is 7.34. The van der Waals surface area contributed by atoms with Crippen molar-refractivity contribution in [2.75, 3.05) is 24.8 Å². The number of halogens is 1. The Balaban J connectivity index is 1.63. The molecule has 0 atom stereocenters. The van der Waals surface area contributed by atoms with Crippen molar-refractivity contribution in [3.05, 3.63) is 65.6 Å². The molecule has 1 aliphatic carbocycles. The predicted molar refractivity (Wildman–Crippen MR) is 132 cm³/mol. The van der Waals surface area contributed by atoms with Crippen molar-refractivity contribution in [1.29, 1.82) is 0 Å². The Bertz CT molecular complexity index is 1130. The van der Waals surface area contributed by atoms with Gasteiger partial charge in [-0.3, -0.25) is 4.79 Å². The molecule has 1 fully saturated rings. The quantitative estimate of drug-likeness (QED) is 0.403. The molecule has 4 rings (SSSR count). The van der Waals surface area contributed by atoms with Crippen molar-refractivity contribution in [1.82, 2.24) is 15.5 Å². The summed E-state index contributed by atoms with van der Waals surface area (Å²) in [5.41, 5.74) is 3.19. The van der Waals surface area contributed by atoms with E-state index >= 15 is 0 Å². The molecule has 34 heavy (non-hydrogen) atoms. The summed E-state index contributed by atoms with van der Waals surface area (Å²) in [6.45, 7) is 0. The molecule has 3 aromatic rings. The molecule has 0 saturated heterocycles. The average molecular weight is 464 g/mol. The molecule has 3 N–H and O–H groups in total. The summed E-state index contributed by atoms with van der Waals surface area (Å²) in [7, 11) is 3.21. The molecule has 0 radical (unpaired) electrons. The number of methoxy groups -OCH3 is 1. The fourth-order valence-electron chi connectivity index (χ4n) is 4.45. The van der Waals surface area contributed by atoms with Crippen LogP contribution in [0.2, 0.25) is 0 Å². The minimum absolute atomic E-state index is 0.159. The highest BCUT2D eigenvalue weighted by atomic mass is 19.1. The standard InChI is InChI=1S/C26H30FN5O2/c1-28-26(33)24-22(16-23(31-32-24)29-20-13-11-19(27)12-14-20)30-21-10-6-9-18(25(21)34-2)15-17-7-4-3-5-8-17/h6,9-14,16-17H,3-5,7-8,15H2,1-2H3,(H,28,33)(H2,29,30,31). The topological polar surface area (TPSA) is 88.2 Å². The van der Waals surface area contributed by atoms with Gasteiger partial charge < -0.3 is 20.7 Å². The van der Waals surface area contributed by atoms with E-state index in [4.69, 9.17) is 4.74 Å². The summed E-state index contributed by atoms with van der Waals surface area (Å²) in [5.74, 6) is 1.16. The third-order valence-electron chi connectivity index (χ3n) is 6.16. The number of hydrogen-bond acceptors (Lipinski definition) is 6. The summed E-state index contributed by atoms with van der Waals surface area (Å²) < 4.78 is 19.0. The van der Waals surface area contributed by atoms with E-state index in [0.717, 1.165) is 23.4 Å². The number of rotatable bonds is 8. The van der Waals surface area contributed by atoms with Crippen molar-refractivity contribution < 1.29 is 13.9 Å². The minimum atomic E-state index is -0.361. The molecule has 1 aromatic heterocycles. The molecule has 1 saturated carbocycles. The molecule has 0 aliphatic heterocycles. The smallest absolute Gasteiger partial charge is 0.273 e. The summed E-state index contributed by atoms with van der Waals surface area (Å²) >= 11 is 0. The minimum Gasteiger partial charge on any atom is -0.494 e. The third-order valence-corrected chi connectivity index (χ3v) is 6.16. The number of aromatic nitrogens is 2. The predicted octanol–water partition coefficient (Wildman–Crippen LogP) is 5.59. The number of amides is 1. The van der Waals surface area contributed by atoms with E-state index < -0.39 is 0 Å². The van der Waals surface area contributed by atoms with Gasteiger partial charge in [-0.15, -0.1) is 10.2 Å². The maximum atomic E-state index is 13.2. The SMILES string of the molecule is CNC(=O)c1nnc(Nc2ccc(F)cc2)cc1Nc1cccc(CC2CCCCC2)c1OC. The van der Waals surface area contributed by atoms with E-state index in [1.54, 1.807) is 32.4 Å². The van der Waals surface area contributed by atoms with Crippen LogP contribution in [-0.4, -0.2) is 30.3 Å². The van der Waals surface area contributed by atoms with Crippen LogP contribution in [0.5, 0.6) is 5.75 Å². The number of ether oxygens (including phenoxy) is 1. The highest BCUT2D eigenvalue weighted by Gasteiger charge is 2.20. The Morgan fingerprint density at radius 1 is 1.03 bits per heavy atom. The first-order valence-corrected chi connectivity index (χ1v) is 11.6. The normalized spacial score (nSPS) is 13.9. The van der Waals surface area contributed by atoms with Gasteiger partial charge in [0.15, 0.2) is 11.5 Å². The van der Waals surface area contributed by atoms with Gasteiger partial charge in [0.05, 0.1) is 18.5 Å². The van der Waals surface area contributed by atoms with E-state index in [1.807, 2.05) is 12.1 Å². The summed E-state index contributed by atoms with van der Waals surface area (Å²) in [4.78, 5) is 12.5. The van der Waals surface area contributed by atoms with E-state index in [2.05, 4.69) is 32.2 Å². The van der Waals surface area contributed by atoms with Gasteiger partial charge in [0.1, 0.15) is 11.6 Å². The number of nitrogens with one attached hydrogen (secondary N) is 3. The number of benzene rings is 2. The van der Waals surface area contributed by atoms with Crippen LogP contribution in [-0.2, 0) is 6.42 Å². The summed E-state index contributed by atoms with van der Waals surface area (Å²) in [5, 5.41) is 17.3. The number of carbonyl (C=O) groups excluding carboxylic acids is 1. The summed E-state index contributed by atoms with van der Waals surface area (Å²) in [6, 6.07) is 13.6. The third kappa shape index (κ3) is 5.62. The molecule has 2 aromatic carbocycles. The lowest BCUT2D eigenvalue weighted by atomic mass is 9.84. The zero-order valence-electron chi connectivity index (χ0n) is 19.5. The highest BCUT2D eigenvalue weighted by Crippen LogP contribution is 2.36. The van der Waals surface area contributed by atoms with Gasteiger partial charge >= 0.3 is 0 Å². The average Bonchev–Trinajstić information content (AvgIpc) is 2.86. The maximum absolute atomic E-state index is 13.2. The van der Waals surface area contributed by atoms with E-state index in [9.17, 15) is 9.18 Å². The van der Waals surface area contributed by atoms with Gasteiger partial charge in [-0.1, -0.05) is 44.2 Å². The maximum Gasteiger partial charge on any atom is 0.273 e. The molecule has 0 bridgehead atoms. The first kappa shape index (κ1) is 23.5. The van der Waals surface area contributed by atoms with Crippen molar-refractivity contribution in [3.63, 3.8) is 0 Å². The van der Waals surface area contributed by atoms with Gasteiger partial charge in [0.25, 0.3) is 5.91 Å². The van der Waals surface area contributed by atoms with Crippen LogP contribution in [0.4, 0.5) is 27.3 Å². The zero-order chi connectivity index (χ0) is 23.9. The molecule has 8 heteroatoms. The van der Waals surface area contributed by atoms with Gasteiger partial charge in [-0.25, -0.2) is 4.39 Å². The molecular formula is C26H30FN5O2. The van der Waals surface area contributed by atoms with Crippen molar-refractivity contribution in [2.24, 2.45) is 5.92 Å². The number of hydrogen-bond donors (Lipinski definition) is 3. The molecule has 0 unspecified atom stereocenters. The second kappa shape index (κ2) is 11.0. The number of anilines is 4. The van der Waals surface area contributed by atoms with E-state index in [-0.39, 0.29) is 17.4 Å². The van der Waals surface area contributed by atoms with Crippen LogP contribution in [0.3, 0.4) is 0 Å². The Morgan fingerprint density at radius 3 is 2.50 bits per heavy atom. The fourth-order valence-corrected chi connectivity index (χ4v) is 4.45. The second-order valence-electron chi connectivity index (χ2n) is 8.53. The van der Waals surface area contributed by atoms with Crippen LogP contribution < -0.4 is 20.7 Å². The van der Waals surface area contributed by atoms with Gasteiger partial charge in [-0.05, 0) is 48.2 Å². The lowest BCUT2D eigenvalue weighted by Gasteiger charge is -2.23. The van der Waals surface area contributed by atoms with Crippen molar-refractivity contribution in [3.8, 4) is 5.75 Å². The molecule has 1 heterocycles. The lowest BCUT2D eigenvalue weighted by molar-refractivity contribution is 0.0958. The fraction of sp³-hybridized carbons (Fsp3) is 0.346. The number of nitrogens with zero attached hydrogens (tertiary/aromatic N) is 2. The number of carbonyl (C=O) groups is 1. The van der Waals surface area contributed by atoms with Crippen LogP contribution in [0.1, 0.15) is 48.2 Å². The van der Waals surface area contributed by atoms with Crippen molar-refractivity contribution in [2.45, 2.75) is 38.5 Å². The Labute approximate surface area is 199 Å². The van der Waals surface area contributed by atoms with Crippen LogP contribution in [0, 0.1) is 11.7 Å². The first-order valence-electron chi connectivity index (χ1n) is 11.6. The molecular weight excluding hydrogens is 433 g/mol. The largest absolute Gasteiger partial charge is 0.494 e. The Hall–Kier alpha value is -3.68. The molecule has 1 aliphatic rings. The van der Waals surface area contributed by atoms with Gasteiger partial charge in [0.2, 0.25) is 0 Å². The Morgan fingerprint density at radius 2 is 1.79 bits per heavy atom. The van der Waals surface area contributed by atoms with Gasteiger partial charge in [-0.2, -0.15) is 0 Å². The van der Waals surface area contributed by atoms with E-state index in [1.165, 1.54) is 44.2 Å². The van der Waals surface area contributed by atoms with Crippen LogP contribution >= 0.6 is 0 Å². The molecule has 1 amide bonds. The lowest BCUT2D eigenvalue weighted by Crippen LogP contribution is -2.21. The van der Waals surface area contributed by atoms with Crippen LogP contribution in [0.25, 0.3) is 0 Å².